The van der Waals surface area contributed by atoms with Crippen LogP contribution in [-0.2, 0) is 25.4 Å². The molecule has 0 bridgehead atoms. The summed E-state index contributed by atoms with van der Waals surface area (Å²) in [5.74, 6) is -0.124. The zero-order valence-corrected chi connectivity index (χ0v) is 24.6. The molecule has 216 valence electrons. The number of carbonyl (C=O) groups is 3. The number of carbonyl (C=O) groups excluding carboxylic acids is 3. The predicted molar refractivity (Wildman–Crippen MR) is 153 cm³/mol. The van der Waals surface area contributed by atoms with Gasteiger partial charge in [-0.2, -0.15) is 5.01 Å². The largest absolute Gasteiger partial charge is 0.444 e. The van der Waals surface area contributed by atoms with Crippen molar-refractivity contribution in [1.29, 1.82) is 0 Å². The summed E-state index contributed by atoms with van der Waals surface area (Å²) in [6.45, 7) is 14.5. The van der Waals surface area contributed by atoms with E-state index in [0.29, 0.717) is 5.69 Å². The van der Waals surface area contributed by atoms with Crippen LogP contribution < -0.4 is 10.7 Å². The molecule has 40 heavy (non-hydrogen) atoms. The van der Waals surface area contributed by atoms with Crippen LogP contribution >= 0.6 is 0 Å². The number of hydrogen-bond acceptors (Lipinski definition) is 7. The van der Waals surface area contributed by atoms with Gasteiger partial charge in [0.25, 0.3) is 0 Å². The van der Waals surface area contributed by atoms with Crippen LogP contribution in [0.1, 0.15) is 72.6 Å². The van der Waals surface area contributed by atoms with Gasteiger partial charge in [-0.05, 0) is 84.7 Å². The molecule has 0 unspecified atom stereocenters. The molecular formula is C31H41N3O6. The minimum absolute atomic E-state index is 0.124. The van der Waals surface area contributed by atoms with E-state index in [4.69, 9.17) is 14.2 Å². The number of benzene rings is 2. The van der Waals surface area contributed by atoms with Crippen molar-refractivity contribution in [2.75, 3.05) is 5.32 Å². The van der Waals surface area contributed by atoms with Gasteiger partial charge >= 0.3 is 12.2 Å². The zero-order valence-electron chi connectivity index (χ0n) is 24.6. The van der Waals surface area contributed by atoms with E-state index >= 15 is 0 Å². The third-order valence-corrected chi connectivity index (χ3v) is 5.80. The smallest absolute Gasteiger partial charge is 0.422 e. The molecule has 2 amide bonds. The summed E-state index contributed by atoms with van der Waals surface area (Å²) in [5, 5.41) is 4.36. The molecule has 2 aromatic carbocycles. The van der Waals surface area contributed by atoms with Gasteiger partial charge < -0.3 is 14.2 Å². The van der Waals surface area contributed by atoms with Gasteiger partial charge in [-0.3, -0.25) is 15.5 Å². The van der Waals surface area contributed by atoms with Crippen molar-refractivity contribution in [3.05, 3.63) is 77.9 Å². The van der Waals surface area contributed by atoms with Gasteiger partial charge in [0.1, 0.15) is 23.0 Å². The Morgan fingerprint density at radius 2 is 1.48 bits per heavy atom. The SMILES string of the molecule is CC(C)(C)OC(=O)Nc1ccc(CC(=O)/C=C/[C@@H]2[C@@H](c3ccccc3)OC(C)(C)N2NC(=O)OC(C)(C)C)cc1. The average Bonchev–Trinajstić information content (AvgIpc) is 3.06. The Labute approximate surface area is 236 Å². The molecule has 0 radical (unpaired) electrons. The molecule has 1 heterocycles. The molecule has 1 saturated heterocycles. The first kappa shape index (κ1) is 30.8. The van der Waals surface area contributed by atoms with Crippen LogP contribution in [0.15, 0.2) is 66.7 Å². The van der Waals surface area contributed by atoms with Gasteiger partial charge in [0.2, 0.25) is 0 Å². The summed E-state index contributed by atoms with van der Waals surface area (Å²) in [6.07, 6.45) is 1.84. The lowest BCUT2D eigenvalue weighted by Gasteiger charge is -2.33. The molecule has 0 spiro atoms. The molecular weight excluding hydrogens is 510 g/mol. The molecule has 9 nitrogen and oxygen atoms in total. The first-order chi connectivity index (χ1) is 18.5. The molecule has 2 N–H and O–H groups in total. The van der Waals surface area contributed by atoms with E-state index in [1.165, 1.54) is 6.08 Å². The highest BCUT2D eigenvalue weighted by Crippen LogP contribution is 2.40. The molecule has 2 aromatic rings. The number of hydrazine groups is 1. The van der Waals surface area contributed by atoms with Crippen molar-refractivity contribution in [3.8, 4) is 0 Å². The number of ether oxygens (including phenoxy) is 3. The highest BCUT2D eigenvalue weighted by atomic mass is 16.6. The number of amides is 2. The van der Waals surface area contributed by atoms with Crippen LogP contribution in [-0.4, -0.2) is 45.9 Å². The van der Waals surface area contributed by atoms with Crippen LogP contribution in [0, 0.1) is 0 Å². The number of hydrogen-bond donors (Lipinski definition) is 2. The van der Waals surface area contributed by atoms with E-state index in [1.807, 2.05) is 44.2 Å². The van der Waals surface area contributed by atoms with Crippen LogP contribution in [0.3, 0.4) is 0 Å². The van der Waals surface area contributed by atoms with Gasteiger partial charge in [0, 0.05) is 12.1 Å². The molecule has 0 aliphatic carbocycles. The number of nitrogens with one attached hydrogen (secondary N) is 2. The number of rotatable bonds is 7. The molecule has 1 aliphatic heterocycles. The normalized spacial score (nSPS) is 19.3. The first-order valence-corrected chi connectivity index (χ1v) is 13.3. The van der Waals surface area contributed by atoms with Crippen LogP contribution in [0.5, 0.6) is 0 Å². The van der Waals surface area contributed by atoms with E-state index in [2.05, 4.69) is 10.7 Å². The standard InChI is InChI=1S/C31H41N3O6/c1-29(2,3)39-27(36)32-23-16-14-21(15-17-23)20-24(35)18-19-25-26(22-12-10-9-11-13-22)38-31(7,8)34(25)33-28(37)40-30(4,5)6/h9-19,25-26H,20H2,1-8H3,(H,32,36)(H,33,37)/b19-18+/t25-,26-/m1/s1. The monoisotopic (exact) mass is 551 g/mol. The van der Waals surface area contributed by atoms with Gasteiger partial charge in [0.15, 0.2) is 5.78 Å². The van der Waals surface area contributed by atoms with Crippen molar-refractivity contribution in [3.63, 3.8) is 0 Å². The van der Waals surface area contributed by atoms with Gasteiger partial charge in [-0.25, -0.2) is 9.59 Å². The lowest BCUT2D eigenvalue weighted by molar-refractivity contribution is -0.114. The predicted octanol–water partition coefficient (Wildman–Crippen LogP) is 6.32. The second kappa shape index (κ2) is 12.2. The third kappa shape index (κ3) is 9.20. The maximum atomic E-state index is 13.0. The minimum atomic E-state index is -0.883. The van der Waals surface area contributed by atoms with Crippen LogP contribution in [0.4, 0.5) is 15.3 Å². The van der Waals surface area contributed by atoms with Gasteiger partial charge in [-0.15, -0.1) is 0 Å². The van der Waals surface area contributed by atoms with E-state index in [9.17, 15) is 14.4 Å². The lowest BCUT2D eigenvalue weighted by Crippen LogP contribution is -2.55. The third-order valence-electron chi connectivity index (χ3n) is 5.80. The topological polar surface area (TPSA) is 106 Å². The molecule has 0 saturated carbocycles. The van der Waals surface area contributed by atoms with Crippen LogP contribution in [0.2, 0.25) is 0 Å². The Balaban J connectivity index is 1.74. The van der Waals surface area contributed by atoms with E-state index in [1.54, 1.807) is 76.9 Å². The number of nitrogens with zero attached hydrogens (tertiary/aromatic N) is 1. The summed E-state index contributed by atoms with van der Waals surface area (Å²) in [7, 11) is 0. The molecule has 1 aliphatic rings. The maximum absolute atomic E-state index is 13.0. The Bertz CT molecular complexity index is 1210. The Morgan fingerprint density at radius 1 is 0.900 bits per heavy atom. The van der Waals surface area contributed by atoms with Crippen molar-refractivity contribution >= 4 is 23.7 Å². The molecule has 2 atom stereocenters. The maximum Gasteiger partial charge on any atom is 0.422 e. The molecule has 1 fully saturated rings. The lowest BCUT2D eigenvalue weighted by atomic mass is 10.0. The summed E-state index contributed by atoms with van der Waals surface area (Å²) in [4.78, 5) is 37.6. The summed E-state index contributed by atoms with van der Waals surface area (Å²) < 4.78 is 17.1. The van der Waals surface area contributed by atoms with Crippen molar-refractivity contribution in [2.24, 2.45) is 0 Å². The molecule has 9 heteroatoms. The highest BCUT2D eigenvalue weighted by molar-refractivity contribution is 5.91. The second-order valence-electron chi connectivity index (χ2n) is 12.2. The summed E-state index contributed by atoms with van der Waals surface area (Å²) >= 11 is 0. The van der Waals surface area contributed by atoms with Crippen molar-refractivity contribution < 1.29 is 28.6 Å². The Hall–Kier alpha value is -3.69. The first-order valence-electron chi connectivity index (χ1n) is 13.3. The van der Waals surface area contributed by atoms with Gasteiger partial charge in [0.05, 0.1) is 6.04 Å². The van der Waals surface area contributed by atoms with E-state index in [0.717, 1.165) is 11.1 Å². The van der Waals surface area contributed by atoms with E-state index < -0.39 is 41.3 Å². The fraction of sp³-hybridized carbons (Fsp3) is 0.452. The summed E-state index contributed by atoms with van der Waals surface area (Å²) in [5.41, 5.74) is 2.95. The highest BCUT2D eigenvalue weighted by Gasteiger charge is 2.48. The zero-order chi connectivity index (χ0) is 29.7. The van der Waals surface area contributed by atoms with Gasteiger partial charge in [-0.1, -0.05) is 48.5 Å². The average molecular weight is 552 g/mol. The number of allylic oxidation sites excluding steroid dienone is 1. The van der Waals surface area contributed by atoms with Crippen LogP contribution in [0.25, 0.3) is 0 Å². The fourth-order valence-electron chi connectivity index (χ4n) is 4.23. The molecule has 3 rings (SSSR count). The second-order valence-corrected chi connectivity index (χ2v) is 12.2. The fourth-order valence-corrected chi connectivity index (χ4v) is 4.23. The van der Waals surface area contributed by atoms with E-state index in [-0.39, 0.29) is 12.2 Å². The quantitative estimate of drug-likeness (QED) is 0.388. The minimum Gasteiger partial charge on any atom is -0.444 e. The number of anilines is 1. The van der Waals surface area contributed by atoms with Crippen molar-refractivity contribution in [1.82, 2.24) is 10.4 Å². The number of ketones is 1. The summed E-state index contributed by atoms with van der Waals surface area (Å²) in [6, 6.07) is 16.2. The Kier molecular flexibility index (Phi) is 9.43. The molecule has 0 aromatic heterocycles. The Morgan fingerprint density at radius 3 is 2.05 bits per heavy atom. The van der Waals surface area contributed by atoms with Crippen molar-refractivity contribution in [2.45, 2.75) is 90.9 Å².